The first kappa shape index (κ1) is 17.5. The fraction of sp³-hybridized carbons (Fsp3) is 0.455. The molecular formula is C22H27FN2O. The van der Waals surface area contributed by atoms with Crippen molar-refractivity contribution in [1.29, 1.82) is 0 Å². The van der Waals surface area contributed by atoms with Gasteiger partial charge in [-0.05, 0) is 36.1 Å². The van der Waals surface area contributed by atoms with Crippen molar-refractivity contribution in [2.24, 2.45) is 5.73 Å². The van der Waals surface area contributed by atoms with E-state index in [9.17, 15) is 9.50 Å². The van der Waals surface area contributed by atoms with Crippen molar-refractivity contribution in [2.75, 3.05) is 18.0 Å². The molecule has 4 rings (SSSR count). The first-order valence-electron chi connectivity index (χ1n) is 9.64. The van der Waals surface area contributed by atoms with Crippen molar-refractivity contribution in [3.8, 4) is 0 Å². The lowest BCUT2D eigenvalue weighted by Gasteiger charge is -2.38. The molecule has 26 heavy (non-hydrogen) atoms. The maximum Gasteiger partial charge on any atom is 0.125 e. The van der Waals surface area contributed by atoms with E-state index in [1.165, 1.54) is 24.8 Å². The van der Waals surface area contributed by atoms with Crippen LogP contribution >= 0.6 is 0 Å². The number of nitrogens with zero attached hydrogens (tertiary/aromatic N) is 1. The minimum atomic E-state index is -0.702. The highest BCUT2D eigenvalue weighted by molar-refractivity contribution is 5.64. The Labute approximate surface area is 154 Å². The summed E-state index contributed by atoms with van der Waals surface area (Å²) in [6, 6.07) is 14.9. The monoisotopic (exact) mass is 354 g/mol. The van der Waals surface area contributed by atoms with Gasteiger partial charge in [0.2, 0.25) is 0 Å². The lowest BCUT2D eigenvalue weighted by Crippen LogP contribution is -2.43. The Morgan fingerprint density at radius 2 is 1.81 bits per heavy atom. The Morgan fingerprint density at radius 1 is 1.08 bits per heavy atom. The van der Waals surface area contributed by atoms with Gasteiger partial charge in [0.15, 0.2) is 0 Å². The van der Waals surface area contributed by atoms with Crippen molar-refractivity contribution in [3.05, 3.63) is 65.5 Å². The van der Waals surface area contributed by atoms with Crippen LogP contribution in [0.2, 0.25) is 0 Å². The van der Waals surface area contributed by atoms with Crippen LogP contribution in [-0.4, -0.2) is 24.3 Å². The molecular weight excluding hydrogens is 327 g/mol. The number of aliphatic hydroxyl groups excluding tert-OH is 1. The van der Waals surface area contributed by atoms with E-state index in [1.54, 1.807) is 12.1 Å². The quantitative estimate of drug-likeness (QED) is 0.875. The summed E-state index contributed by atoms with van der Waals surface area (Å²) in [6.45, 7) is 0.996. The number of hydrogen-bond donors (Lipinski definition) is 2. The molecule has 4 heteroatoms. The summed E-state index contributed by atoms with van der Waals surface area (Å²) in [4.78, 5) is 2.20. The van der Waals surface area contributed by atoms with E-state index in [-0.39, 0.29) is 23.8 Å². The van der Waals surface area contributed by atoms with Crippen LogP contribution in [0.1, 0.15) is 49.3 Å². The molecule has 1 fully saturated rings. The van der Waals surface area contributed by atoms with Gasteiger partial charge in [-0.1, -0.05) is 55.7 Å². The van der Waals surface area contributed by atoms with Crippen molar-refractivity contribution in [3.63, 3.8) is 0 Å². The fourth-order valence-corrected chi connectivity index (χ4v) is 4.98. The summed E-state index contributed by atoms with van der Waals surface area (Å²) in [5.41, 5.74) is 9.10. The molecule has 0 saturated heterocycles. The second-order valence-corrected chi connectivity index (χ2v) is 7.79. The van der Waals surface area contributed by atoms with Gasteiger partial charge in [-0.25, -0.2) is 4.39 Å². The van der Waals surface area contributed by atoms with E-state index in [0.29, 0.717) is 0 Å². The molecule has 3 nitrogen and oxygen atoms in total. The normalized spacial score (nSPS) is 20.8. The second kappa shape index (κ2) is 7.01. The highest BCUT2D eigenvalue weighted by Gasteiger charge is 2.46. The highest BCUT2D eigenvalue weighted by atomic mass is 19.1. The van der Waals surface area contributed by atoms with E-state index in [2.05, 4.69) is 4.90 Å². The number of anilines is 1. The highest BCUT2D eigenvalue weighted by Crippen LogP contribution is 2.52. The molecule has 0 amide bonds. The van der Waals surface area contributed by atoms with Crippen molar-refractivity contribution >= 4 is 5.69 Å². The van der Waals surface area contributed by atoms with Gasteiger partial charge < -0.3 is 15.7 Å². The number of aliphatic hydroxyl groups is 1. The molecule has 0 aromatic heterocycles. The average molecular weight is 354 g/mol. The molecule has 1 spiro atoms. The predicted octanol–water partition coefficient (Wildman–Crippen LogP) is 3.91. The Morgan fingerprint density at radius 3 is 2.50 bits per heavy atom. The van der Waals surface area contributed by atoms with Crippen LogP contribution in [0.4, 0.5) is 10.1 Å². The topological polar surface area (TPSA) is 49.5 Å². The fourth-order valence-electron chi connectivity index (χ4n) is 4.98. The van der Waals surface area contributed by atoms with Crippen molar-refractivity contribution in [2.45, 2.75) is 49.7 Å². The van der Waals surface area contributed by atoms with Gasteiger partial charge in [0.1, 0.15) is 5.82 Å². The Bertz CT molecular complexity index is 758. The summed E-state index contributed by atoms with van der Waals surface area (Å²) >= 11 is 0. The molecule has 1 heterocycles. The molecule has 138 valence electrons. The van der Waals surface area contributed by atoms with E-state index in [1.807, 2.05) is 36.4 Å². The largest absolute Gasteiger partial charge is 0.389 e. The number of fused-ring (bicyclic) bond motifs is 2. The summed E-state index contributed by atoms with van der Waals surface area (Å²) in [5, 5.41) is 10.8. The van der Waals surface area contributed by atoms with Gasteiger partial charge in [-0.2, -0.15) is 0 Å². The third-order valence-corrected chi connectivity index (χ3v) is 6.21. The first-order valence-corrected chi connectivity index (χ1v) is 9.64. The minimum Gasteiger partial charge on any atom is -0.389 e. The van der Waals surface area contributed by atoms with Crippen LogP contribution in [-0.2, 0) is 5.41 Å². The van der Waals surface area contributed by atoms with Gasteiger partial charge in [-0.15, -0.1) is 0 Å². The van der Waals surface area contributed by atoms with Crippen LogP contribution in [0.15, 0.2) is 48.5 Å². The average Bonchev–Trinajstić information content (AvgIpc) is 2.96. The zero-order valence-electron chi connectivity index (χ0n) is 15.1. The van der Waals surface area contributed by atoms with E-state index < -0.39 is 6.10 Å². The predicted molar refractivity (Wildman–Crippen MR) is 103 cm³/mol. The first-order chi connectivity index (χ1) is 12.6. The summed E-state index contributed by atoms with van der Waals surface area (Å²) < 4.78 is 14.1. The van der Waals surface area contributed by atoms with Crippen LogP contribution < -0.4 is 10.6 Å². The van der Waals surface area contributed by atoms with Crippen LogP contribution in [0, 0.1) is 5.82 Å². The van der Waals surface area contributed by atoms with Gasteiger partial charge in [0.05, 0.1) is 12.1 Å². The summed E-state index contributed by atoms with van der Waals surface area (Å²) in [6.07, 6.45) is 5.24. The number of rotatable bonds is 4. The molecule has 2 aromatic rings. The Kier molecular flexibility index (Phi) is 4.72. The number of hydrogen-bond acceptors (Lipinski definition) is 3. The number of nitrogens with two attached hydrogens (primary N) is 1. The van der Waals surface area contributed by atoms with E-state index in [4.69, 9.17) is 5.73 Å². The third kappa shape index (κ3) is 2.91. The third-order valence-electron chi connectivity index (χ3n) is 6.21. The molecule has 0 bridgehead atoms. The van der Waals surface area contributed by atoms with E-state index >= 15 is 0 Å². The number of halogens is 1. The molecule has 2 unspecified atom stereocenters. The van der Waals surface area contributed by atoms with Crippen molar-refractivity contribution < 1.29 is 9.50 Å². The SMILES string of the molecule is NCC(O)C(c1ccccc1)N1CC2(CCCCC2)c2ccc(F)cc21. The maximum absolute atomic E-state index is 14.1. The lowest BCUT2D eigenvalue weighted by molar-refractivity contribution is 0.145. The zero-order valence-corrected chi connectivity index (χ0v) is 15.1. The molecule has 0 radical (unpaired) electrons. The minimum absolute atomic E-state index is 0.0721. The van der Waals surface area contributed by atoms with Gasteiger partial charge in [0.25, 0.3) is 0 Å². The van der Waals surface area contributed by atoms with Gasteiger partial charge in [-0.3, -0.25) is 0 Å². The second-order valence-electron chi connectivity index (χ2n) is 7.79. The standard InChI is InChI=1S/C22H27FN2O/c23-17-9-10-18-19(13-17)25(15-22(18)11-5-2-6-12-22)21(20(26)14-24)16-7-3-1-4-8-16/h1,3-4,7-10,13,20-21,26H,2,5-6,11-12,14-15,24H2. The summed E-state index contributed by atoms with van der Waals surface area (Å²) in [7, 11) is 0. The van der Waals surface area contributed by atoms with Crippen LogP contribution in [0.3, 0.4) is 0 Å². The van der Waals surface area contributed by atoms with Crippen LogP contribution in [0.5, 0.6) is 0 Å². The lowest BCUT2D eigenvalue weighted by atomic mass is 9.71. The molecule has 2 aliphatic rings. The molecule has 2 atom stereocenters. The Balaban J connectivity index is 1.81. The molecule has 1 aliphatic carbocycles. The number of benzene rings is 2. The molecule has 1 aliphatic heterocycles. The van der Waals surface area contributed by atoms with E-state index in [0.717, 1.165) is 30.6 Å². The van der Waals surface area contributed by atoms with Gasteiger partial charge in [0, 0.05) is 24.2 Å². The summed E-state index contributed by atoms with van der Waals surface area (Å²) in [5.74, 6) is -0.226. The zero-order chi connectivity index (χ0) is 18.1. The smallest absolute Gasteiger partial charge is 0.125 e. The molecule has 3 N–H and O–H groups in total. The van der Waals surface area contributed by atoms with Gasteiger partial charge >= 0.3 is 0 Å². The Hall–Kier alpha value is -1.91. The molecule has 1 saturated carbocycles. The van der Waals surface area contributed by atoms with Crippen molar-refractivity contribution in [1.82, 2.24) is 0 Å². The molecule has 2 aromatic carbocycles. The van der Waals surface area contributed by atoms with Crippen LogP contribution in [0.25, 0.3) is 0 Å². The maximum atomic E-state index is 14.1.